The van der Waals surface area contributed by atoms with Crippen molar-refractivity contribution in [3.63, 3.8) is 0 Å². The Morgan fingerprint density at radius 1 is 1.60 bits per heavy atom. The van der Waals surface area contributed by atoms with Gasteiger partial charge in [-0.15, -0.1) is 11.6 Å². The lowest BCUT2D eigenvalue weighted by atomic mass is 10.1. The number of rotatable bonds is 4. The van der Waals surface area contributed by atoms with Crippen molar-refractivity contribution >= 4 is 33.3 Å². The fourth-order valence-electron chi connectivity index (χ4n) is 1.27. The zero-order chi connectivity index (χ0) is 11.4. The van der Waals surface area contributed by atoms with Crippen LogP contribution in [0.2, 0.25) is 0 Å². The van der Waals surface area contributed by atoms with E-state index in [0.29, 0.717) is 5.75 Å². The Kier molecular flexibility index (Phi) is 4.61. The number of hydrogen-bond donors (Lipinski definition) is 0. The summed E-state index contributed by atoms with van der Waals surface area (Å²) in [7, 11) is 1.57. The average molecular weight is 292 g/mol. The van der Waals surface area contributed by atoms with E-state index < -0.39 is 5.38 Å². The molecule has 0 radical (unpaired) electrons. The van der Waals surface area contributed by atoms with Gasteiger partial charge in [-0.2, -0.15) is 0 Å². The summed E-state index contributed by atoms with van der Waals surface area (Å²) in [5.41, 5.74) is 1.80. The Hall–Kier alpha value is -0.540. The topological polar surface area (TPSA) is 26.3 Å². The number of hydrogen-bond acceptors (Lipinski definition) is 2. The third-order valence-corrected chi connectivity index (χ3v) is 3.27. The maximum Gasteiger partial charge on any atom is 0.152 e. The lowest BCUT2D eigenvalue weighted by Crippen LogP contribution is -2.04. The number of Topliss-reactive ketones (excluding diaryl/α,β-unsaturated/α-hetero) is 1. The fourth-order valence-corrected chi connectivity index (χ4v) is 1.80. The molecular formula is C11H12BrClO2. The molecule has 0 fully saturated rings. The highest BCUT2D eigenvalue weighted by atomic mass is 79.9. The standard InChI is InChI=1S/C11H12BrClO2/c1-7(14)11(13)9-4-3-8(6-12)5-10(9)15-2/h3-5,11H,6H2,1-2H3. The van der Waals surface area contributed by atoms with Crippen LogP contribution >= 0.6 is 27.5 Å². The summed E-state index contributed by atoms with van der Waals surface area (Å²) in [6.45, 7) is 1.47. The van der Waals surface area contributed by atoms with Crippen molar-refractivity contribution < 1.29 is 9.53 Å². The number of ether oxygens (including phenoxy) is 1. The molecule has 1 rings (SSSR count). The van der Waals surface area contributed by atoms with Crippen LogP contribution in [0.5, 0.6) is 5.75 Å². The second-order valence-corrected chi connectivity index (χ2v) is 4.18. The van der Waals surface area contributed by atoms with Gasteiger partial charge in [0, 0.05) is 10.9 Å². The lowest BCUT2D eigenvalue weighted by molar-refractivity contribution is -0.116. The Morgan fingerprint density at radius 2 is 2.27 bits per heavy atom. The molecule has 0 aliphatic rings. The van der Waals surface area contributed by atoms with Crippen LogP contribution in [0.25, 0.3) is 0 Å². The van der Waals surface area contributed by atoms with Crippen LogP contribution in [-0.2, 0) is 10.1 Å². The van der Waals surface area contributed by atoms with Gasteiger partial charge in [-0.3, -0.25) is 4.79 Å². The highest BCUT2D eigenvalue weighted by Gasteiger charge is 2.17. The second-order valence-electron chi connectivity index (χ2n) is 3.18. The fraction of sp³-hybridized carbons (Fsp3) is 0.364. The molecular weight excluding hydrogens is 279 g/mol. The summed E-state index contributed by atoms with van der Waals surface area (Å²) in [6, 6.07) is 5.63. The van der Waals surface area contributed by atoms with Gasteiger partial charge in [-0.1, -0.05) is 28.1 Å². The van der Waals surface area contributed by atoms with E-state index in [4.69, 9.17) is 16.3 Å². The number of carbonyl (C=O) groups is 1. The highest BCUT2D eigenvalue weighted by Crippen LogP contribution is 2.31. The van der Waals surface area contributed by atoms with E-state index in [0.717, 1.165) is 16.5 Å². The molecule has 0 aliphatic carbocycles. The smallest absolute Gasteiger partial charge is 0.152 e. The molecule has 15 heavy (non-hydrogen) atoms. The van der Waals surface area contributed by atoms with Crippen LogP contribution in [0.1, 0.15) is 23.4 Å². The Bertz CT molecular complexity index is 366. The first-order chi connectivity index (χ1) is 7.10. The molecule has 1 atom stereocenters. The first-order valence-corrected chi connectivity index (χ1v) is 6.03. The molecule has 1 aromatic rings. The largest absolute Gasteiger partial charge is 0.496 e. The molecule has 0 saturated carbocycles. The van der Waals surface area contributed by atoms with Crippen LogP contribution in [0.3, 0.4) is 0 Å². The normalized spacial score (nSPS) is 12.3. The van der Waals surface area contributed by atoms with Crippen LogP contribution in [0, 0.1) is 0 Å². The van der Waals surface area contributed by atoms with Crippen molar-refractivity contribution in [3.8, 4) is 5.75 Å². The number of halogens is 2. The number of benzene rings is 1. The molecule has 1 unspecified atom stereocenters. The van der Waals surface area contributed by atoms with Gasteiger partial charge in [0.15, 0.2) is 5.78 Å². The summed E-state index contributed by atoms with van der Waals surface area (Å²) >= 11 is 9.34. The van der Waals surface area contributed by atoms with Gasteiger partial charge in [0.1, 0.15) is 11.1 Å². The monoisotopic (exact) mass is 290 g/mol. The van der Waals surface area contributed by atoms with Crippen molar-refractivity contribution in [2.45, 2.75) is 17.6 Å². The molecule has 82 valence electrons. The van der Waals surface area contributed by atoms with Crippen molar-refractivity contribution in [3.05, 3.63) is 29.3 Å². The van der Waals surface area contributed by atoms with Crippen molar-refractivity contribution in [2.75, 3.05) is 7.11 Å². The first-order valence-electron chi connectivity index (χ1n) is 4.47. The average Bonchev–Trinajstić information content (AvgIpc) is 2.27. The van der Waals surface area contributed by atoms with Gasteiger partial charge >= 0.3 is 0 Å². The highest BCUT2D eigenvalue weighted by molar-refractivity contribution is 9.08. The van der Waals surface area contributed by atoms with Gasteiger partial charge in [-0.25, -0.2) is 0 Å². The molecule has 0 aliphatic heterocycles. The number of methoxy groups -OCH3 is 1. The molecule has 2 nitrogen and oxygen atoms in total. The van der Waals surface area contributed by atoms with Crippen LogP contribution in [0.4, 0.5) is 0 Å². The Balaban J connectivity index is 3.12. The van der Waals surface area contributed by atoms with Crippen LogP contribution in [-0.4, -0.2) is 12.9 Å². The molecule has 0 bridgehead atoms. The summed E-state index contributed by atoms with van der Waals surface area (Å²) < 4.78 is 5.20. The van der Waals surface area contributed by atoms with E-state index >= 15 is 0 Å². The number of alkyl halides is 2. The van der Waals surface area contributed by atoms with Crippen molar-refractivity contribution in [2.24, 2.45) is 0 Å². The minimum absolute atomic E-state index is 0.0819. The predicted octanol–water partition coefficient (Wildman–Crippen LogP) is 3.46. The van der Waals surface area contributed by atoms with E-state index in [9.17, 15) is 4.79 Å². The summed E-state index contributed by atoms with van der Waals surface area (Å²) in [5, 5.41) is 0.112. The van der Waals surface area contributed by atoms with E-state index in [1.807, 2.05) is 18.2 Å². The Morgan fingerprint density at radius 3 is 2.73 bits per heavy atom. The SMILES string of the molecule is COc1cc(CBr)ccc1C(Cl)C(C)=O. The van der Waals surface area contributed by atoms with Gasteiger partial charge in [-0.05, 0) is 18.6 Å². The second kappa shape index (κ2) is 5.52. The number of ketones is 1. The minimum atomic E-state index is -0.635. The number of carbonyl (C=O) groups excluding carboxylic acids is 1. The molecule has 0 aromatic heterocycles. The molecule has 0 saturated heterocycles. The van der Waals surface area contributed by atoms with Gasteiger partial charge in [0.2, 0.25) is 0 Å². The van der Waals surface area contributed by atoms with Crippen molar-refractivity contribution in [1.82, 2.24) is 0 Å². The van der Waals surface area contributed by atoms with Crippen LogP contribution < -0.4 is 4.74 Å². The molecule has 0 amide bonds. The zero-order valence-corrected chi connectivity index (χ0v) is 10.9. The lowest BCUT2D eigenvalue weighted by Gasteiger charge is -2.12. The molecule has 0 heterocycles. The Labute approximate surface area is 103 Å². The summed E-state index contributed by atoms with van der Waals surface area (Å²) in [4.78, 5) is 11.2. The van der Waals surface area contributed by atoms with Gasteiger partial charge < -0.3 is 4.74 Å². The van der Waals surface area contributed by atoms with Gasteiger partial charge in [0.05, 0.1) is 7.11 Å². The molecule has 0 N–H and O–H groups in total. The van der Waals surface area contributed by atoms with Crippen LogP contribution in [0.15, 0.2) is 18.2 Å². The molecule has 0 spiro atoms. The van der Waals surface area contributed by atoms with Gasteiger partial charge in [0.25, 0.3) is 0 Å². The quantitative estimate of drug-likeness (QED) is 0.794. The third kappa shape index (κ3) is 2.95. The van der Waals surface area contributed by atoms with Crippen molar-refractivity contribution in [1.29, 1.82) is 0 Å². The zero-order valence-electron chi connectivity index (χ0n) is 8.59. The third-order valence-electron chi connectivity index (χ3n) is 2.08. The van der Waals surface area contributed by atoms with E-state index in [2.05, 4.69) is 15.9 Å². The first kappa shape index (κ1) is 12.5. The predicted molar refractivity (Wildman–Crippen MR) is 64.9 cm³/mol. The maximum absolute atomic E-state index is 11.2. The van der Waals surface area contributed by atoms with E-state index in [1.165, 1.54) is 6.92 Å². The van der Waals surface area contributed by atoms with E-state index in [-0.39, 0.29) is 5.78 Å². The summed E-state index contributed by atoms with van der Waals surface area (Å²) in [5.74, 6) is 0.573. The minimum Gasteiger partial charge on any atom is -0.496 e. The van der Waals surface area contributed by atoms with E-state index in [1.54, 1.807) is 7.11 Å². The summed E-state index contributed by atoms with van der Waals surface area (Å²) in [6.07, 6.45) is 0. The molecule has 1 aromatic carbocycles. The molecule has 4 heteroatoms. The maximum atomic E-state index is 11.2.